The molecule has 0 aromatic carbocycles. The minimum Gasteiger partial charge on any atom is -0.332 e. The SMILES string of the molecule is CCCC[N+]1(C)C=CC=CC1.Cl[B-](Cl)(Cl)Cl. The van der Waals surface area contributed by atoms with Crippen molar-refractivity contribution in [1.82, 2.24) is 0 Å². The van der Waals surface area contributed by atoms with E-state index in [2.05, 4.69) is 38.4 Å². The van der Waals surface area contributed by atoms with Crippen LogP contribution in [0.25, 0.3) is 0 Å². The second kappa shape index (κ2) is 7.89. The van der Waals surface area contributed by atoms with Crippen LogP contribution >= 0.6 is 45.8 Å². The molecule has 1 aliphatic rings. The van der Waals surface area contributed by atoms with Crippen molar-refractivity contribution in [1.29, 1.82) is 0 Å². The number of rotatable bonds is 3. The highest BCUT2D eigenvalue weighted by molar-refractivity contribution is 7.81. The summed E-state index contributed by atoms with van der Waals surface area (Å²) in [6, 6.07) is 0. The minimum atomic E-state index is -2.11. The second-order valence-corrected chi connectivity index (χ2v) is 7.96. The number of likely N-dealkylation sites (N-methyl/N-ethyl adjacent to an activating group) is 1. The molecule has 1 atom stereocenters. The molecule has 1 rings (SSSR count). The van der Waals surface area contributed by atoms with Crippen LogP contribution in [0.5, 0.6) is 0 Å². The van der Waals surface area contributed by atoms with E-state index in [1.807, 2.05) is 0 Å². The highest BCUT2D eigenvalue weighted by Gasteiger charge is 2.16. The number of halogens is 4. The first-order valence-electron chi connectivity index (χ1n) is 5.33. The summed E-state index contributed by atoms with van der Waals surface area (Å²) in [6.45, 7) is 4.68. The lowest BCUT2D eigenvalue weighted by molar-refractivity contribution is -0.854. The first kappa shape index (κ1) is 16.7. The Labute approximate surface area is 118 Å². The van der Waals surface area contributed by atoms with Crippen molar-refractivity contribution in [3.8, 4) is 0 Å². The number of unbranched alkanes of at least 4 members (excludes halogenated alkanes) is 1. The van der Waals surface area contributed by atoms with Crippen LogP contribution in [0.15, 0.2) is 24.4 Å². The van der Waals surface area contributed by atoms with Gasteiger partial charge in [-0.05, 0) is 18.6 Å². The molecule has 0 saturated carbocycles. The van der Waals surface area contributed by atoms with Gasteiger partial charge < -0.3 is 45.8 Å². The molecule has 0 radical (unpaired) electrons. The van der Waals surface area contributed by atoms with Crippen molar-refractivity contribution in [3.05, 3.63) is 24.4 Å². The molecule has 0 aromatic heterocycles. The molecule has 1 nitrogen and oxygen atoms in total. The fourth-order valence-corrected chi connectivity index (χ4v) is 1.38. The average molecular weight is 305 g/mol. The summed E-state index contributed by atoms with van der Waals surface area (Å²) in [5.41, 5.74) is 0. The van der Waals surface area contributed by atoms with Crippen molar-refractivity contribution in [2.45, 2.75) is 19.8 Å². The Kier molecular flexibility index (Phi) is 8.22. The summed E-state index contributed by atoms with van der Waals surface area (Å²) in [6.07, 6.45) is 11.4. The van der Waals surface area contributed by atoms with Crippen LogP contribution < -0.4 is 0 Å². The van der Waals surface area contributed by atoms with Gasteiger partial charge >= 0.3 is 3.81 Å². The average Bonchev–Trinajstić information content (AvgIpc) is 2.13. The Balaban J connectivity index is 0.000000385. The van der Waals surface area contributed by atoms with E-state index in [1.54, 1.807) is 0 Å². The third-order valence-electron chi connectivity index (χ3n) is 2.24. The number of nitrogens with zero attached hydrogens (tertiary/aromatic N) is 1. The van der Waals surface area contributed by atoms with Crippen LogP contribution in [0.2, 0.25) is 0 Å². The normalized spacial score (nSPS) is 23.9. The molecule has 6 heteroatoms. The fraction of sp³-hybridized carbons (Fsp3) is 0.600. The van der Waals surface area contributed by atoms with Gasteiger partial charge in [0.2, 0.25) is 0 Å². The Bertz CT molecular complexity index is 244. The topological polar surface area (TPSA) is 0 Å². The highest BCUT2D eigenvalue weighted by atomic mass is 35.6. The van der Waals surface area contributed by atoms with Crippen LogP contribution in [0.3, 0.4) is 0 Å². The second-order valence-electron chi connectivity index (χ2n) is 4.00. The Hall–Kier alpha value is 0.665. The third kappa shape index (κ3) is 11.2. The number of hydrogen-bond donors (Lipinski definition) is 0. The largest absolute Gasteiger partial charge is 0.332 e. The molecule has 0 N–H and O–H groups in total. The van der Waals surface area contributed by atoms with Crippen molar-refractivity contribution >= 4 is 49.6 Å². The molecule has 0 aromatic rings. The van der Waals surface area contributed by atoms with Gasteiger partial charge in [-0.1, -0.05) is 19.4 Å². The summed E-state index contributed by atoms with van der Waals surface area (Å²) < 4.78 is -1.02. The smallest absolute Gasteiger partial charge is 0.328 e. The van der Waals surface area contributed by atoms with E-state index in [0.717, 1.165) is 11.0 Å². The Morgan fingerprint density at radius 1 is 1.19 bits per heavy atom. The van der Waals surface area contributed by atoms with Crippen LogP contribution in [0.4, 0.5) is 0 Å². The molecule has 1 heterocycles. The fourth-order valence-electron chi connectivity index (χ4n) is 1.38. The summed E-state index contributed by atoms with van der Waals surface area (Å²) in [5, 5.41) is 0. The maximum Gasteiger partial charge on any atom is 0.328 e. The zero-order chi connectivity index (χ0) is 12.7. The number of allylic oxidation sites excluding steroid dienone is 2. The van der Waals surface area contributed by atoms with E-state index >= 15 is 0 Å². The van der Waals surface area contributed by atoms with E-state index in [4.69, 9.17) is 45.8 Å². The van der Waals surface area contributed by atoms with Gasteiger partial charge in [-0.25, -0.2) is 0 Å². The minimum absolute atomic E-state index is 1.09. The first-order valence-corrected chi connectivity index (χ1v) is 7.07. The zero-order valence-corrected chi connectivity index (χ0v) is 12.7. The van der Waals surface area contributed by atoms with Crippen molar-refractivity contribution < 1.29 is 4.48 Å². The molecular weight excluding hydrogens is 287 g/mol. The van der Waals surface area contributed by atoms with Crippen LogP contribution in [-0.2, 0) is 0 Å². The lowest BCUT2D eigenvalue weighted by Gasteiger charge is -2.30. The monoisotopic (exact) mass is 303 g/mol. The molecule has 0 aliphatic carbocycles. The maximum atomic E-state index is 4.89. The van der Waals surface area contributed by atoms with Crippen molar-refractivity contribution in [3.63, 3.8) is 0 Å². The van der Waals surface area contributed by atoms with Gasteiger partial charge in [0.25, 0.3) is 0 Å². The lowest BCUT2D eigenvalue weighted by Crippen LogP contribution is -2.40. The third-order valence-corrected chi connectivity index (χ3v) is 2.24. The summed E-state index contributed by atoms with van der Waals surface area (Å²) in [5.74, 6) is 0. The standard InChI is InChI=1S/C10H18N.BCl4/c1-3-4-8-11(2)9-6-5-7-10-11;2-1(3,4)5/h5-7,9H,3-4,8,10H2,1-2H3;/q+1;-1. The Morgan fingerprint density at radius 2 is 1.75 bits per heavy atom. The van der Waals surface area contributed by atoms with Gasteiger partial charge in [-0.3, -0.25) is 4.48 Å². The predicted molar refractivity (Wildman–Crippen MR) is 78.3 cm³/mol. The molecule has 0 bridgehead atoms. The van der Waals surface area contributed by atoms with Gasteiger partial charge in [-0.15, -0.1) is 0 Å². The van der Waals surface area contributed by atoms with Gasteiger partial charge in [0.05, 0.1) is 19.8 Å². The highest BCUT2D eigenvalue weighted by Crippen LogP contribution is 2.23. The molecule has 1 unspecified atom stereocenters. The molecule has 1 aliphatic heterocycles. The molecule has 94 valence electrons. The van der Waals surface area contributed by atoms with E-state index in [-0.39, 0.29) is 0 Å². The molecule has 0 spiro atoms. The predicted octanol–water partition coefficient (Wildman–Crippen LogP) is 4.69. The number of quaternary nitrogens is 1. The molecule has 0 amide bonds. The first-order chi connectivity index (χ1) is 7.27. The van der Waals surface area contributed by atoms with Gasteiger partial charge in [0.15, 0.2) is 0 Å². The van der Waals surface area contributed by atoms with E-state index in [0.29, 0.717) is 0 Å². The van der Waals surface area contributed by atoms with E-state index in [1.165, 1.54) is 19.4 Å². The summed E-state index contributed by atoms with van der Waals surface area (Å²) >= 11 is 19.6. The quantitative estimate of drug-likeness (QED) is 0.524. The van der Waals surface area contributed by atoms with Crippen molar-refractivity contribution in [2.24, 2.45) is 0 Å². The van der Waals surface area contributed by atoms with Crippen LogP contribution in [0.1, 0.15) is 19.8 Å². The summed E-state index contributed by atoms with van der Waals surface area (Å²) in [7, 11) is 2.29. The molecule has 16 heavy (non-hydrogen) atoms. The van der Waals surface area contributed by atoms with Crippen LogP contribution in [0, 0.1) is 0 Å². The van der Waals surface area contributed by atoms with Gasteiger partial charge in [-0.2, -0.15) is 0 Å². The maximum absolute atomic E-state index is 4.89. The molecular formula is C10H18BCl4N. The molecule has 0 saturated heterocycles. The van der Waals surface area contributed by atoms with Gasteiger partial charge in [0, 0.05) is 0 Å². The lowest BCUT2D eigenvalue weighted by atomic mass is 10.2. The zero-order valence-electron chi connectivity index (χ0n) is 9.67. The summed E-state index contributed by atoms with van der Waals surface area (Å²) in [4.78, 5) is 0. The molecule has 0 fully saturated rings. The van der Waals surface area contributed by atoms with Crippen molar-refractivity contribution in [2.75, 3.05) is 20.1 Å². The van der Waals surface area contributed by atoms with E-state index in [9.17, 15) is 0 Å². The van der Waals surface area contributed by atoms with Gasteiger partial charge in [0.1, 0.15) is 6.54 Å². The number of hydrogen-bond acceptors (Lipinski definition) is 0. The Morgan fingerprint density at radius 3 is 2.12 bits per heavy atom. The van der Waals surface area contributed by atoms with Crippen LogP contribution in [-0.4, -0.2) is 28.4 Å². The van der Waals surface area contributed by atoms with E-state index < -0.39 is 3.81 Å².